The Morgan fingerprint density at radius 1 is 0.781 bits per heavy atom. The van der Waals surface area contributed by atoms with Crippen LogP contribution in [0.2, 0.25) is 0 Å². The van der Waals surface area contributed by atoms with Gasteiger partial charge in [-0.1, -0.05) is 0 Å². The Hall–Kier alpha value is -5.96. The van der Waals surface area contributed by atoms with Crippen LogP contribution in [-0.4, -0.2) is 84.8 Å². The van der Waals surface area contributed by atoms with Crippen molar-refractivity contribution >= 4 is 115 Å². The monoisotopic (exact) mass is 998 g/mol. The minimum Gasteiger partial charge on any atom is -0.505 e. The van der Waals surface area contributed by atoms with E-state index in [4.69, 9.17) is 23.7 Å². The van der Waals surface area contributed by atoms with Gasteiger partial charge in [0.05, 0.1) is 62.0 Å². The van der Waals surface area contributed by atoms with Crippen LogP contribution in [0, 0.1) is 26.0 Å². The van der Waals surface area contributed by atoms with Gasteiger partial charge in [0, 0.05) is 16.6 Å². The van der Waals surface area contributed by atoms with Crippen LogP contribution in [-0.2, 0) is 39.4 Å². The number of nitro benzene ring substituents is 2. The molecule has 0 radical (unpaired) electrons. The molecule has 0 aliphatic rings. The predicted octanol–water partition coefficient (Wildman–Crippen LogP) is 7.93. The smallest absolute Gasteiger partial charge is 0.311 e. The highest BCUT2D eigenvalue weighted by Crippen LogP contribution is 2.56. The first-order chi connectivity index (χ1) is 29.4. The number of nitrogen functional groups attached to an aromatic ring is 1. The summed E-state index contributed by atoms with van der Waals surface area (Å²) in [5.74, 6) is -3.73. The number of aromatic hydroxyl groups is 1. The van der Waals surface area contributed by atoms with Crippen LogP contribution < -0.4 is 11.1 Å². The summed E-state index contributed by atoms with van der Waals surface area (Å²) in [5.41, 5.74) is -0.823. The van der Waals surface area contributed by atoms with Crippen LogP contribution >= 0.6 is 22.9 Å². The molecule has 0 bridgehead atoms. The van der Waals surface area contributed by atoms with Crippen molar-refractivity contribution in [2.45, 2.75) is 19.6 Å². The lowest BCUT2D eigenvalue weighted by Gasteiger charge is -2.22. The molecule has 5 aromatic carbocycles. The zero-order chi connectivity index (χ0) is 47.8. The van der Waals surface area contributed by atoms with E-state index >= 15 is 0 Å². The van der Waals surface area contributed by atoms with Crippen molar-refractivity contribution in [3.8, 4) is 5.75 Å². The third-order valence-electron chi connectivity index (χ3n) is 7.92. The molecule has 64 heavy (non-hydrogen) atoms. The Balaban J connectivity index is 1.58. The van der Waals surface area contributed by atoms with E-state index in [-0.39, 0.29) is 11.4 Å². The molecule has 0 aliphatic heterocycles. The molecule has 0 spiro atoms. The number of phenols is 1. The highest BCUT2D eigenvalue weighted by Gasteiger charge is 2.31. The molecule has 5 aromatic rings. The van der Waals surface area contributed by atoms with Crippen LogP contribution in [0.1, 0.15) is 0 Å². The van der Waals surface area contributed by atoms with Crippen molar-refractivity contribution in [3.05, 3.63) is 92.8 Å². The fourth-order valence-corrected chi connectivity index (χ4v) is 7.92. The number of rotatable bonds is 17. The van der Waals surface area contributed by atoms with Crippen LogP contribution in [0.3, 0.4) is 0 Å². The van der Waals surface area contributed by atoms with Gasteiger partial charge in [0.1, 0.15) is 43.4 Å². The molecule has 0 aliphatic carbocycles. The summed E-state index contributed by atoms with van der Waals surface area (Å²) in [5, 5.41) is 50.2. The number of nitro groups is 2. The van der Waals surface area contributed by atoms with Gasteiger partial charge >= 0.3 is 5.69 Å². The fourth-order valence-electron chi connectivity index (χ4n) is 5.16. The molecule has 344 valence electrons. The third kappa shape index (κ3) is 12.0. The molecule has 0 amide bonds. The van der Waals surface area contributed by atoms with E-state index in [0.29, 0.717) is 47.3 Å². The van der Waals surface area contributed by atoms with Crippen LogP contribution in [0.25, 0.3) is 10.8 Å². The van der Waals surface area contributed by atoms with Crippen molar-refractivity contribution < 1.29 is 86.0 Å². The fraction of sp³-hybridized carbons (Fsp3) is 0.0667. The average molecular weight is 999 g/mol. The summed E-state index contributed by atoms with van der Waals surface area (Å²) in [7, 11) is -21.3. The molecule has 0 saturated carbocycles. The highest BCUT2D eigenvalue weighted by atomic mass is 32.3. The second-order valence-corrected chi connectivity index (χ2v) is 19.9. The Bertz CT molecular complexity index is 3080. The van der Waals surface area contributed by atoms with E-state index in [0.717, 1.165) is 12.1 Å². The number of benzene rings is 5. The first kappa shape index (κ1) is 49.1. The number of anilines is 3. The van der Waals surface area contributed by atoms with Crippen molar-refractivity contribution in [1.82, 2.24) is 0 Å². The Morgan fingerprint density at radius 2 is 1.38 bits per heavy atom. The van der Waals surface area contributed by atoms with Gasteiger partial charge in [-0.3, -0.25) is 43.0 Å². The van der Waals surface area contributed by atoms with Gasteiger partial charge in [-0.25, -0.2) is 9.10 Å². The van der Waals surface area contributed by atoms with Gasteiger partial charge in [-0.15, -0.1) is 15.3 Å². The van der Waals surface area contributed by atoms with Gasteiger partial charge in [0.2, 0.25) is 5.82 Å². The summed E-state index contributed by atoms with van der Waals surface area (Å²) in [6, 6.07) is 9.46. The van der Waals surface area contributed by atoms with Gasteiger partial charge in [0.25, 0.3) is 25.9 Å². The predicted molar refractivity (Wildman–Crippen MR) is 221 cm³/mol. The van der Waals surface area contributed by atoms with E-state index < -0.39 is 140 Å². The zero-order valence-electron chi connectivity index (χ0n) is 31.0. The molecular formula is C30H27FN8O20S5. The molecule has 12 N–H and O–H groups in total. The lowest BCUT2D eigenvalue weighted by atomic mass is 10.1. The molecule has 28 nitrogen and oxygen atoms in total. The summed E-state index contributed by atoms with van der Waals surface area (Å²) in [4.78, 5) is 22.1. The van der Waals surface area contributed by atoms with Crippen molar-refractivity contribution in [1.29, 1.82) is 0 Å². The van der Waals surface area contributed by atoms with Crippen molar-refractivity contribution in [2.75, 3.05) is 23.4 Å². The third-order valence-corrected chi connectivity index (χ3v) is 12.1. The SMILES string of the molecule is Nc1c(N=Nc2cc(Nc3cc(F)c([N+](=O)[O-])cc3[N+](=O)[O-])ccc2S(=O)(=O)O)c(S(=O)(=O)O)cc2cc(S(O)(O)O)c(N=Nc3ccc(SOOCCS(=O)(O)(O)O)cc3)c(O)c12. The quantitative estimate of drug-likeness (QED) is 0.00615. The Morgan fingerprint density at radius 3 is 1.94 bits per heavy atom. The number of nitrogens with two attached hydrogens (primary N) is 1. The largest absolute Gasteiger partial charge is 0.505 e. The van der Waals surface area contributed by atoms with Crippen LogP contribution in [0.4, 0.5) is 55.6 Å². The molecule has 0 atom stereocenters. The summed E-state index contributed by atoms with van der Waals surface area (Å²) < 4.78 is 157. The maximum atomic E-state index is 14.5. The molecule has 0 aromatic heterocycles. The number of halogens is 1. The maximum absolute atomic E-state index is 14.5. The summed E-state index contributed by atoms with van der Waals surface area (Å²) in [6.07, 6.45) is 0. The molecular weight excluding hydrogens is 972 g/mol. The number of phenolic OH excluding ortho intramolecular Hbond substituents is 1. The molecule has 0 heterocycles. The Kier molecular flexibility index (Phi) is 13.7. The van der Waals surface area contributed by atoms with Gasteiger partial charge < -0.3 is 29.8 Å². The number of hydrogen-bond donors (Lipinski definition) is 11. The van der Waals surface area contributed by atoms with Gasteiger partial charge in [-0.2, -0.15) is 30.7 Å². The van der Waals surface area contributed by atoms with E-state index in [1.165, 1.54) is 24.3 Å². The van der Waals surface area contributed by atoms with E-state index in [1.807, 2.05) is 0 Å². The summed E-state index contributed by atoms with van der Waals surface area (Å²) >= 11 is 0.562. The number of nitrogens with one attached hydrogen (secondary N) is 1. The lowest BCUT2D eigenvalue weighted by Crippen LogP contribution is -2.36. The van der Waals surface area contributed by atoms with Gasteiger partial charge in [-0.05, 0) is 60.0 Å². The average Bonchev–Trinajstić information content (AvgIpc) is 3.15. The molecule has 0 saturated heterocycles. The first-order valence-corrected chi connectivity index (χ1v) is 23.4. The van der Waals surface area contributed by atoms with E-state index in [1.54, 1.807) is 0 Å². The number of nitrogens with zero attached hydrogens (tertiary/aromatic N) is 6. The van der Waals surface area contributed by atoms with Crippen molar-refractivity contribution in [2.24, 2.45) is 20.5 Å². The van der Waals surface area contributed by atoms with Crippen LogP contribution in [0.5, 0.6) is 5.75 Å². The normalized spacial score (nSPS) is 13.6. The zero-order valence-corrected chi connectivity index (χ0v) is 35.0. The topological polar surface area (TPSA) is 460 Å². The number of azo groups is 2. The molecule has 0 unspecified atom stereocenters. The molecule has 5 rings (SSSR count). The molecule has 0 fully saturated rings. The highest BCUT2D eigenvalue weighted by molar-refractivity contribution is 8.19. The Labute approximate surface area is 361 Å². The van der Waals surface area contributed by atoms with Gasteiger partial charge in [0.15, 0.2) is 15.7 Å². The first-order valence-electron chi connectivity index (χ1n) is 16.3. The minimum atomic E-state index is -5.81. The van der Waals surface area contributed by atoms with Crippen LogP contribution in [0.15, 0.2) is 107 Å². The molecule has 34 heteroatoms. The lowest BCUT2D eigenvalue weighted by molar-refractivity contribution is -0.395. The second-order valence-electron chi connectivity index (χ2n) is 12.5. The van der Waals surface area contributed by atoms with E-state index in [9.17, 15) is 73.5 Å². The summed E-state index contributed by atoms with van der Waals surface area (Å²) in [6.45, 7) is -0.698. The van der Waals surface area contributed by atoms with E-state index in [2.05, 4.69) is 30.7 Å². The maximum Gasteiger partial charge on any atom is 0.311 e. The minimum absolute atomic E-state index is 0.0161. The second kappa shape index (κ2) is 17.9. The number of fused-ring (bicyclic) bond motifs is 1. The van der Waals surface area contributed by atoms with Crippen molar-refractivity contribution in [3.63, 3.8) is 0 Å². The number of hydrogen-bond acceptors (Lipinski definition) is 22. The standard InChI is InChI=1S/C30H27FN8O20S5/c31-18-12-19(22(39(43)44)13-21(18)38(41)42)33-16-3-6-23(61(45,46)47)20(11-16)35-36-28-24(62(48,49)50)9-14-10-25(63(51,52)53)29(30(40)26(14)27(28)32)37-34-15-1-4-17(5-2-15)60-59-58-7-8-64(54,55,56)57/h1-6,9-13,33,40,51-53H,7-8,32H2,(H,45,46,47)(H,48,49,50)(H3,54,55,56,57).